The van der Waals surface area contributed by atoms with Gasteiger partial charge in [-0.05, 0) is 55.7 Å². The van der Waals surface area contributed by atoms with Gasteiger partial charge in [-0.3, -0.25) is 0 Å². The van der Waals surface area contributed by atoms with Crippen LogP contribution in [0, 0.1) is 5.82 Å². The van der Waals surface area contributed by atoms with Crippen molar-refractivity contribution in [1.82, 2.24) is 25.2 Å². The summed E-state index contributed by atoms with van der Waals surface area (Å²) >= 11 is 0. The largest absolute Gasteiger partial charge is 0.377 e. The lowest BCUT2D eigenvalue weighted by Crippen LogP contribution is -2.37. The first-order valence-electron chi connectivity index (χ1n) is 11.5. The van der Waals surface area contributed by atoms with Crippen LogP contribution in [-0.4, -0.2) is 45.2 Å². The Labute approximate surface area is 181 Å². The van der Waals surface area contributed by atoms with Crippen LogP contribution in [-0.2, 0) is 4.74 Å². The Kier molecular flexibility index (Phi) is 5.75. The number of nitrogens with one attached hydrogen (secondary N) is 1. The molecule has 1 atom stereocenters. The molecule has 3 heterocycles. The predicted octanol–water partition coefficient (Wildman–Crippen LogP) is 4.47. The van der Waals surface area contributed by atoms with E-state index in [2.05, 4.69) is 20.6 Å². The molecule has 0 radical (unpaired) electrons. The van der Waals surface area contributed by atoms with Crippen molar-refractivity contribution < 1.29 is 13.7 Å². The lowest BCUT2D eigenvalue weighted by atomic mass is 9.86. The van der Waals surface area contributed by atoms with Crippen molar-refractivity contribution in [3.63, 3.8) is 0 Å². The lowest BCUT2D eigenvalue weighted by Gasteiger charge is -2.28. The highest BCUT2D eigenvalue weighted by Gasteiger charge is 2.28. The number of fused-ring (bicyclic) bond motifs is 1. The molecule has 1 unspecified atom stereocenters. The molecule has 166 valence electrons. The van der Waals surface area contributed by atoms with Crippen LogP contribution in [0.4, 0.5) is 4.39 Å². The first-order chi connectivity index (χ1) is 15.1. The Bertz CT molecular complexity index is 1030. The van der Waals surface area contributed by atoms with Gasteiger partial charge in [-0.15, -0.1) is 0 Å². The first-order valence-corrected chi connectivity index (χ1v) is 11.5. The van der Waals surface area contributed by atoms with Gasteiger partial charge in [-0.2, -0.15) is 14.8 Å². The number of halogens is 1. The molecule has 7 nitrogen and oxygen atoms in total. The molecule has 2 aromatic heterocycles. The minimum atomic E-state index is -0.332. The number of aromatic nitrogens is 4. The molecule has 1 saturated carbocycles. The van der Waals surface area contributed by atoms with Gasteiger partial charge in [-0.1, -0.05) is 26.0 Å². The van der Waals surface area contributed by atoms with Crippen molar-refractivity contribution in [3.8, 4) is 5.95 Å². The van der Waals surface area contributed by atoms with Crippen LogP contribution in [0.25, 0.3) is 16.9 Å². The normalized spacial score (nSPS) is 24.5. The van der Waals surface area contributed by atoms with E-state index in [0.717, 1.165) is 56.3 Å². The van der Waals surface area contributed by atoms with E-state index in [-0.39, 0.29) is 17.7 Å². The van der Waals surface area contributed by atoms with Gasteiger partial charge in [0.1, 0.15) is 11.3 Å². The second-order valence-electron chi connectivity index (χ2n) is 9.11. The minimum absolute atomic E-state index is 0.161. The van der Waals surface area contributed by atoms with Crippen molar-refractivity contribution in [3.05, 3.63) is 35.6 Å². The number of benzene rings is 1. The average Bonchev–Trinajstić information content (AvgIpc) is 3.52. The molecule has 0 bridgehead atoms. The number of para-hydroxylation sites is 1. The van der Waals surface area contributed by atoms with E-state index < -0.39 is 0 Å². The van der Waals surface area contributed by atoms with E-state index >= 15 is 0 Å². The Morgan fingerprint density at radius 1 is 1.19 bits per heavy atom. The summed E-state index contributed by atoms with van der Waals surface area (Å²) in [5, 5.41) is 13.2. The van der Waals surface area contributed by atoms with Gasteiger partial charge in [0.15, 0.2) is 0 Å². The van der Waals surface area contributed by atoms with Gasteiger partial charge in [0, 0.05) is 30.5 Å². The molecule has 5 rings (SSSR count). The third kappa shape index (κ3) is 4.11. The first kappa shape index (κ1) is 20.6. The fourth-order valence-electron chi connectivity index (χ4n) is 4.85. The Morgan fingerprint density at radius 3 is 2.77 bits per heavy atom. The van der Waals surface area contributed by atoms with E-state index in [1.807, 2.05) is 19.9 Å². The molecular formula is C23H30FN5O2. The van der Waals surface area contributed by atoms with E-state index in [4.69, 9.17) is 9.26 Å². The van der Waals surface area contributed by atoms with E-state index in [9.17, 15) is 4.39 Å². The van der Waals surface area contributed by atoms with Crippen molar-refractivity contribution in [1.29, 1.82) is 0 Å². The number of rotatable bonds is 6. The highest BCUT2D eigenvalue weighted by molar-refractivity contribution is 5.84. The smallest absolute Gasteiger partial charge is 0.291 e. The monoisotopic (exact) mass is 427 g/mol. The van der Waals surface area contributed by atoms with Crippen molar-refractivity contribution in [2.75, 3.05) is 13.2 Å². The summed E-state index contributed by atoms with van der Waals surface area (Å²) in [6, 6.07) is 5.56. The SMILES string of the molecule is CC(C)c1nn(-c2noc(C3CCC(NCC4CCCO4)CC3)n2)c2c(F)cccc12. The van der Waals surface area contributed by atoms with Crippen LogP contribution in [0.5, 0.6) is 0 Å². The maximum absolute atomic E-state index is 14.6. The molecular weight excluding hydrogens is 397 g/mol. The summed E-state index contributed by atoms with van der Waals surface area (Å²) < 4.78 is 27.4. The van der Waals surface area contributed by atoms with E-state index in [1.54, 1.807) is 6.07 Å². The summed E-state index contributed by atoms with van der Waals surface area (Å²) in [6.07, 6.45) is 6.85. The van der Waals surface area contributed by atoms with Crippen LogP contribution in [0.2, 0.25) is 0 Å². The predicted molar refractivity (Wildman–Crippen MR) is 115 cm³/mol. The quantitative estimate of drug-likeness (QED) is 0.626. The molecule has 0 spiro atoms. The van der Waals surface area contributed by atoms with Gasteiger partial charge < -0.3 is 14.6 Å². The van der Waals surface area contributed by atoms with Crippen LogP contribution < -0.4 is 5.32 Å². The zero-order chi connectivity index (χ0) is 21.4. The van der Waals surface area contributed by atoms with Crippen molar-refractivity contribution in [2.45, 2.75) is 76.4 Å². The van der Waals surface area contributed by atoms with Crippen LogP contribution in [0.15, 0.2) is 22.7 Å². The molecule has 0 amide bonds. The van der Waals surface area contributed by atoms with Gasteiger partial charge in [0.05, 0.1) is 11.8 Å². The highest BCUT2D eigenvalue weighted by Crippen LogP contribution is 2.33. The molecule has 8 heteroatoms. The maximum atomic E-state index is 14.6. The topological polar surface area (TPSA) is 78.0 Å². The van der Waals surface area contributed by atoms with Gasteiger partial charge in [0.2, 0.25) is 5.89 Å². The van der Waals surface area contributed by atoms with Crippen molar-refractivity contribution >= 4 is 10.9 Å². The van der Waals surface area contributed by atoms with E-state index in [1.165, 1.54) is 17.2 Å². The number of hydrogen-bond acceptors (Lipinski definition) is 6. The zero-order valence-electron chi connectivity index (χ0n) is 18.2. The Balaban J connectivity index is 1.29. The lowest BCUT2D eigenvalue weighted by molar-refractivity contribution is 0.105. The molecule has 1 aromatic carbocycles. The second-order valence-corrected chi connectivity index (χ2v) is 9.11. The fraction of sp³-hybridized carbons (Fsp3) is 0.609. The van der Waals surface area contributed by atoms with Crippen molar-refractivity contribution in [2.24, 2.45) is 0 Å². The molecule has 1 aliphatic heterocycles. The number of ether oxygens (including phenoxy) is 1. The summed E-state index contributed by atoms with van der Waals surface area (Å²) in [4.78, 5) is 4.62. The molecule has 1 saturated heterocycles. The summed E-state index contributed by atoms with van der Waals surface area (Å²) in [6.45, 7) is 5.93. The van der Waals surface area contributed by atoms with Gasteiger partial charge in [0.25, 0.3) is 5.95 Å². The molecule has 2 fully saturated rings. The third-order valence-corrected chi connectivity index (χ3v) is 6.58. The van der Waals surface area contributed by atoms with E-state index in [0.29, 0.717) is 29.5 Å². The molecule has 3 aromatic rings. The van der Waals surface area contributed by atoms with Gasteiger partial charge in [-0.25, -0.2) is 4.39 Å². The molecule has 2 aliphatic rings. The third-order valence-electron chi connectivity index (χ3n) is 6.58. The Morgan fingerprint density at radius 2 is 2.03 bits per heavy atom. The van der Waals surface area contributed by atoms with Crippen LogP contribution in [0.1, 0.15) is 75.8 Å². The second kappa shape index (κ2) is 8.67. The zero-order valence-corrected chi connectivity index (χ0v) is 18.2. The fourth-order valence-corrected chi connectivity index (χ4v) is 4.85. The summed E-state index contributed by atoms with van der Waals surface area (Å²) in [7, 11) is 0. The maximum Gasteiger partial charge on any atom is 0.291 e. The molecule has 1 N–H and O–H groups in total. The minimum Gasteiger partial charge on any atom is -0.377 e. The van der Waals surface area contributed by atoms with Crippen LogP contribution in [0.3, 0.4) is 0 Å². The summed E-state index contributed by atoms with van der Waals surface area (Å²) in [5.74, 6) is 0.989. The Hall–Kier alpha value is -2.32. The average molecular weight is 428 g/mol. The number of nitrogens with zero attached hydrogens (tertiary/aromatic N) is 4. The van der Waals surface area contributed by atoms with Crippen LogP contribution >= 0.6 is 0 Å². The highest BCUT2D eigenvalue weighted by atomic mass is 19.1. The standard InChI is InChI=1S/C23H30FN5O2/c1-14(2)20-18-6-3-7-19(24)21(18)29(27-20)23-26-22(31-28-23)15-8-10-16(11-9-15)25-13-17-5-4-12-30-17/h3,6-7,14-17,25H,4-5,8-13H2,1-2H3. The summed E-state index contributed by atoms with van der Waals surface area (Å²) in [5.41, 5.74) is 1.24. The number of hydrogen-bond donors (Lipinski definition) is 1. The molecule has 1 aliphatic carbocycles. The molecule has 31 heavy (non-hydrogen) atoms. The van der Waals surface area contributed by atoms with Gasteiger partial charge >= 0.3 is 0 Å².